The van der Waals surface area contributed by atoms with E-state index in [0.29, 0.717) is 25.7 Å². The summed E-state index contributed by atoms with van der Waals surface area (Å²) in [5, 5.41) is 17.0. The lowest BCUT2D eigenvalue weighted by atomic mass is 10.1. The van der Waals surface area contributed by atoms with Crippen LogP contribution in [0.3, 0.4) is 0 Å². The molecule has 0 aromatic heterocycles. The molecule has 0 bridgehead atoms. The third-order valence-corrected chi connectivity index (χ3v) is 4.58. The number of aliphatic imine (C=N–C) groups is 1. The Hall–Kier alpha value is -2.20. The minimum absolute atomic E-state index is 0. The molecular formula is C24H36IN3O4. The van der Waals surface area contributed by atoms with E-state index in [1.165, 1.54) is 0 Å². The van der Waals surface area contributed by atoms with Gasteiger partial charge in [-0.25, -0.2) is 0 Å². The minimum Gasteiger partial charge on any atom is -0.497 e. The number of benzene rings is 2. The molecule has 0 aliphatic heterocycles. The zero-order valence-corrected chi connectivity index (χ0v) is 21.7. The van der Waals surface area contributed by atoms with Crippen molar-refractivity contribution in [1.29, 1.82) is 0 Å². The lowest BCUT2D eigenvalue weighted by molar-refractivity contribution is 0.187. The van der Waals surface area contributed by atoms with E-state index in [-0.39, 0.29) is 30.5 Å². The molecule has 32 heavy (non-hydrogen) atoms. The van der Waals surface area contributed by atoms with Crippen molar-refractivity contribution in [3.8, 4) is 17.2 Å². The number of rotatable bonds is 12. The molecule has 2 aromatic carbocycles. The molecule has 0 radical (unpaired) electrons. The molecule has 0 heterocycles. The minimum atomic E-state index is -0.679. The zero-order chi connectivity index (χ0) is 22.5. The molecule has 0 fully saturated rings. The smallest absolute Gasteiger partial charge is 0.191 e. The summed E-state index contributed by atoms with van der Waals surface area (Å²) >= 11 is 0. The van der Waals surface area contributed by atoms with Crippen molar-refractivity contribution in [3.05, 3.63) is 53.6 Å². The second-order valence-electron chi connectivity index (χ2n) is 6.83. The van der Waals surface area contributed by atoms with Crippen LogP contribution in [0.15, 0.2) is 47.5 Å². The van der Waals surface area contributed by atoms with Gasteiger partial charge in [-0.15, -0.1) is 24.0 Å². The summed E-state index contributed by atoms with van der Waals surface area (Å²) in [5.41, 5.74) is 1.95. The summed E-state index contributed by atoms with van der Waals surface area (Å²) in [7, 11) is 1.62. The number of aliphatic hydroxyl groups excluding tert-OH is 1. The van der Waals surface area contributed by atoms with Gasteiger partial charge in [0.1, 0.15) is 5.75 Å². The molecule has 8 heteroatoms. The SMILES string of the molecule is CCNC(=NCC(O)c1ccc(OC)cc1)NCCc1ccc(OCC)c(OCC)c1.I. The summed E-state index contributed by atoms with van der Waals surface area (Å²) in [6, 6.07) is 13.4. The average Bonchev–Trinajstić information content (AvgIpc) is 2.79. The van der Waals surface area contributed by atoms with Crippen molar-refractivity contribution >= 4 is 29.9 Å². The van der Waals surface area contributed by atoms with E-state index in [4.69, 9.17) is 14.2 Å². The highest BCUT2D eigenvalue weighted by atomic mass is 127. The quantitative estimate of drug-likeness (QED) is 0.208. The third kappa shape index (κ3) is 9.12. The van der Waals surface area contributed by atoms with Crippen molar-refractivity contribution in [1.82, 2.24) is 10.6 Å². The number of ether oxygens (including phenoxy) is 3. The van der Waals surface area contributed by atoms with Crippen molar-refractivity contribution in [3.63, 3.8) is 0 Å². The lowest BCUT2D eigenvalue weighted by Gasteiger charge is -2.15. The predicted molar refractivity (Wildman–Crippen MR) is 140 cm³/mol. The van der Waals surface area contributed by atoms with E-state index >= 15 is 0 Å². The standard InChI is InChI=1S/C24H35N3O4.HI/c1-5-25-24(27-17-21(28)19-9-11-20(29-4)12-10-19)26-15-14-18-8-13-22(30-6-2)23(16-18)31-7-3;/h8-13,16,21,28H,5-7,14-15,17H2,1-4H3,(H2,25,26,27);1H. The third-order valence-electron chi connectivity index (χ3n) is 4.58. The Kier molecular flexibility index (Phi) is 13.5. The number of hydrogen-bond donors (Lipinski definition) is 3. The van der Waals surface area contributed by atoms with Crippen molar-refractivity contribution in [2.75, 3.05) is 40.0 Å². The number of guanidine groups is 1. The van der Waals surface area contributed by atoms with Gasteiger partial charge >= 0.3 is 0 Å². The summed E-state index contributed by atoms with van der Waals surface area (Å²) in [6.07, 6.45) is 0.124. The molecule has 0 aliphatic carbocycles. The van der Waals surface area contributed by atoms with Crippen molar-refractivity contribution < 1.29 is 19.3 Å². The number of nitrogens with zero attached hydrogens (tertiary/aromatic N) is 1. The van der Waals surface area contributed by atoms with Gasteiger partial charge in [0.25, 0.3) is 0 Å². The number of aliphatic hydroxyl groups is 1. The van der Waals surface area contributed by atoms with Crippen LogP contribution in [0.1, 0.15) is 38.0 Å². The van der Waals surface area contributed by atoms with Crippen LogP contribution in [0.25, 0.3) is 0 Å². The summed E-state index contributed by atoms with van der Waals surface area (Å²) in [5.74, 6) is 2.97. The second kappa shape index (κ2) is 15.6. The molecule has 2 aromatic rings. The summed E-state index contributed by atoms with van der Waals surface area (Å²) in [6.45, 7) is 8.83. The number of methoxy groups -OCH3 is 1. The molecule has 0 spiro atoms. The van der Waals surface area contributed by atoms with Gasteiger partial charge in [0.15, 0.2) is 17.5 Å². The monoisotopic (exact) mass is 557 g/mol. The van der Waals surface area contributed by atoms with Crippen LogP contribution in [0.5, 0.6) is 17.2 Å². The Bertz CT molecular complexity index is 815. The van der Waals surface area contributed by atoms with Crippen molar-refractivity contribution in [2.24, 2.45) is 4.99 Å². The maximum atomic E-state index is 10.4. The molecule has 1 unspecified atom stereocenters. The zero-order valence-electron chi connectivity index (χ0n) is 19.4. The normalized spacial score (nSPS) is 11.8. The molecule has 0 saturated carbocycles. The highest BCUT2D eigenvalue weighted by Crippen LogP contribution is 2.28. The Labute approximate surface area is 208 Å². The number of halogens is 1. The van der Waals surface area contributed by atoms with Gasteiger partial charge in [0.2, 0.25) is 0 Å². The molecule has 3 N–H and O–H groups in total. The molecular weight excluding hydrogens is 521 g/mol. The number of hydrogen-bond acceptors (Lipinski definition) is 5. The fourth-order valence-electron chi connectivity index (χ4n) is 3.03. The Morgan fingerprint density at radius 3 is 2.28 bits per heavy atom. The molecule has 0 saturated heterocycles. The van der Waals surface area contributed by atoms with Crippen LogP contribution in [0.4, 0.5) is 0 Å². The first kappa shape index (κ1) is 27.8. The van der Waals surface area contributed by atoms with E-state index in [2.05, 4.69) is 15.6 Å². The van der Waals surface area contributed by atoms with E-state index in [0.717, 1.165) is 41.3 Å². The topological polar surface area (TPSA) is 84.3 Å². The number of nitrogens with one attached hydrogen (secondary N) is 2. The van der Waals surface area contributed by atoms with Gasteiger partial charge in [-0.1, -0.05) is 18.2 Å². The van der Waals surface area contributed by atoms with E-state index in [1.54, 1.807) is 7.11 Å². The van der Waals surface area contributed by atoms with Crippen LogP contribution in [-0.2, 0) is 6.42 Å². The predicted octanol–water partition coefficient (Wildman–Crippen LogP) is 3.94. The highest BCUT2D eigenvalue weighted by molar-refractivity contribution is 14.0. The largest absolute Gasteiger partial charge is 0.497 e. The van der Waals surface area contributed by atoms with Gasteiger partial charge in [-0.3, -0.25) is 4.99 Å². The van der Waals surface area contributed by atoms with Gasteiger partial charge in [0.05, 0.1) is 33.0 Å². The maximum absolute atomic E-state index is 10.4. The lowest BCUT2D eigenvalue weighted by Crippen LogP contribution is -2.38. The van der Waals surface area contributed by atoms with Gasteiger partial charge < -0.3 is 30.0 Å². The first-order valence-corrected chi connectivity index (χ1v) is 10.8. The first-order valence-electron chi connectivity index (χ1n) is 10.8. The van der Waals surface area contributed by atoms with Crippen molar-refractivity contribution in [2.45, 2.75) is 33.3 Å². The van der Waals surface area contributed by atoms with Crippen LogP contribution in [0.2, 0.25) is 0 Å². The van der Waals surface area contributed by atoms with Crippen LogP contribution < -0.4 is 24.8 Å². The Morgan fingerprint density at radius 1 is 0.969 bits per heavy atom. The van der Waals surface area contributed by atoms with Gasteiger partial charge in [-0.05, 0) is 62.6 Å². The van der Waals surface area contributed by atoms with E-state index < -0.39 is 6.10 Å². The molecule has 2 rings (SSSR count). The fourth-order valence-corrected chi connectivity index (χ4v) is 3.03. The second-order valence-corrected chi connectivity index (χ2v) is 6.83. The summed E-state index contributed by atoms with van der Waals surface area (Å²) in [4.78, 5) is 4.52. The maximum Gasteiger partial charge on any atom is 0.191 e. The Morgan fingerprint density at radius 2 is 1.66 bits per heavy atom. The molecule has 0 aliphatic rings. The van der Waals surface area contributed by atoms with Crippen LogP contribution in [-0.4, -0.2) is 51.0 Å². The summed E-state index contributed by atoms with van der Waals surface area (Å²) < 4.78 is 16.5. The van der Waals surface area contributed by atoms with Crippen LogP contribution >= 0.6 is 24.0 Å². The van der Waals surface area contributed by atoms with Gasteiger partial charge in [0, 0.05) is 13.1 Å². The highest BCUT2D eigenvalue weighted by Gasteiger charge is 2.09. The Balaban J connectivity index is 0.00000512. The molecule has 178 valence electrons. The average molecular weight is 557 g/mol. The van der Waals surface area contributed by atoms with E-state index in [9.17, 15) is 5.11 Å². The fraction of sp³-hybridized carbons (Fsp3) is 0.458. The first-order chi connectivity index (χ1) is 15.1. The molecule has 7 nitrogen and oxygen atoms in total. The molecule has 0 amide bonds. The van der Waals surface area contributed by atoms with Gasteiger partial charge in [-0.2, -0.15) is 0 Å². The van der Waals surface area contributed by atoms with Crippen LogP contribution in [0, 0.1) is 0 Å². The van der Waals surface area contributed by atoms with E-state index in [1.807, 2.05) is 63.2 Å². The molecule has 1 atom stereocenters.